The van der Waals surface area contributed by atoms with Gasteiger partial charge < -0.3 is 9.64 Å². The average Bonchev–Trinajstić information content (AvgIpc) is 2.78. The fourth-order valence-corrected chi connectivity index (χ4v) is 5.09. The van der Waals surface area contributed by atoms with Crippen LogP contribution >= 0.6 is 0 Å². The molecule has 168 valence electrons. The van der Waals surface area contributed by atoms with Crippen LogP contribution < -0.4 is 4.74 Å². The van der Waals surface area contributed by atoms with E-state index in [1.807, 2.05) is 6.07 Å². The topological polar surface area (TPSA) is 134 Å². The number of carbonyl (C=O) groups is 1. The molecule has 1 atom stereocenters. The average molecular weight is 458 g/mol. The Morgan fingerprint density at radius 3 is 2.50 bits per heavy atom. The number of hydrogen-bond acceptors (Lipinski definition) is 7. The second-order valence-corrected chi connectivity index (χ2v) is 9.24. The number of nitro groups is 1. The molecule has 0 radical (unpaired) electrons. The summed E-state index contributed by atoms with van der Waals surface area (Å²) in [6, 6.07) is 12.2. The zero-order valence-electron chi connectivity index (χ0n) is 17.6. The van der Waals surface area contributed by atoms with E-state index < -0.39 is 21.1 Å². The number of benzene rings is 2. The third-order valence-corrected chi connectivity index (χ3v) is 7.22. The van der Waals surface area contributed by atoms with Gasteiger partial charge in [0.15, 0.2) is 6.10 Å². The van der Waals surface area contributed by atoms with Crippen molar-refractivity contribution in [1.29, 1.82) is 5.26 Å². The summed E-state index contributed by atoms with van der Waals surface area (Å²) in [4.78, 5) is 24.6. The van der Waals surface area contributed by atoms with E-state index in [1.165, 1.54) is 27.4 Å². The van der Waals surface area contributed by atoms with Gasteiger partial charge in [0.1, 0.15) is 5.75 Å². The number of amides is 1. The summed E-state index contributed by atoms with van der Waals surface area (Å²) in [5, 5.41) is 20.0. The van der Waals surface area contributed by atoms with Crippen molar-refractivity contribution >= 4 is 21.6 Å². The highest BCUT2D eigenvalue weighted by atomic mass is 32.2. The van der Waals surface area contributed by atoms with Gasteiger partial charge in [-0.2, -0.15) is 9.57 Å². The SMILES string of the molecule is Cc1ccc([N+](=O)[O-])cc1S(=O)(=O)N1CCN(C(=O)C(C)Oc2cccc(C#N)c2)CC1. The van der Waals surface area contributed by atoms with E-state index in [2.05, 4.69) is 0 Å². The van der Waals surface area contributed by atoms with Gasteiger partial charge in [0.05, 0.1) is 21.5 Å². The number of piperazine rings is 1. The number of nitrogens with zero attached hydrogens (tertiary/aromatic N) is 4. The van der Waals surface area contributed by atoms with Crippen LogP contribution in [0.3, 0.4) is 0 Å². The number of nitriles is 1. The van der Waals surface area contributed by atoms with Crippen molar-refractivity contribution in [3.63, 3.8) is 0 Å². The summed E-state index contributed by atoms with van der Waals surface area (Å²) in [6.07, 6.45) is -0.814. The first-order chi connectivity index (χ1) is 15.1. The number of hydrogen-bond donors (Lipinski definition) is 0. The number of rotatable bonds is 6. The van der Waals surface area contributed by atoms with Gasteiger partial charge >= 0.3 is 0 Å². The first kappa shape index (κ1) is 23.2. The first-order valence-corrected chi connectivity index (χ1v) is 11.3. The number of ether oxygens (including phenoxy) is 1. The number of carbonyl (C=O) groups excluding carboxylic acids is 1. The predicted octanol–water partition coefficient (Wildman–Crippen LogP) is 2.08. The molecule has 10 nitrogen and oxygen atoms in total. The fraction of sp³-hybridized carbons (Fsp3) is 0.333. The van der Waals surface area contributed by atoms with Crippen LogP contribution in [-0.2, 0) is 14.8 Å². The van der Waals surface area contributed by atoms with E-state index in [4.69, 9.17) is 10.00 Å². The van der Waals surface area contributed by atoms with Crippen LogP contribution in [0.15, 0.2) is 47.4 Å². The lowest BCUT2D eigenvalue weighted by molar-refractivity contribution is -0.385. The molecule has 0 N–H and O–H groups in total. The smallest absolute Gasteiger partial charge is 0.270 e. The summed E-state index contributed by atoms with van der Waals surface area (Å²) in [6.45, 7) is 3.63. The Labute approximate surface area is 185 Å². The minimum atomic E-state index is -3.95. The van der Waals surface area contributed by atoms with E-state index in [0.29, 0.717) is 16.9 Å². The van der Waals surface area contributed by atoms with E-state index in [1.54, 1.807) is 32.0 Å². The van der Waals surface area contributed by atoms with E-state index in [0.717, 1.165) is 6.07 Å². The summed E-state index contributed by atoms with van der Waals surface area (Å²) in [7, 11) is -3.95. The van der Waals surface area contributed by atoms with Gasteiger partial charge in [-0.3, -0.25) is 14.9 Å². The van der Waals surface area contributed by atoms with Gasteiger partial charge in [-0.1, -0.05) is 12.1 Å². The van der Waals surface area contributed by atoms with Crippen molar-refractivity contribution in [2.75, 3.05) is 26.2 Å². The van der Waals surface area contributed by atoms with Gasteiger partial charge in [0, 0.05) is 38.3 Å². The molecular weight excluding hydrogens is 436 g/mol. The molecule has 0 bridgehead atoms. The molecule has 1 heterocycles. The Kier molecular flexibility index (Phi) is 6.76. The maximum absolute atomic E-state index is 13.0. The van der Waals surface area contributed by atoms with Gasteiger partial charge in [-0.25, -0.2) is 8.42 Å². The molecule has 1 fully saturated rings. The monoisotopic (exact) mass is 458 g/mol. The summed E-state index contributed by atoms with van der Waals surface area (Å²) >= 11 is 0. The molecular formula is C21H22N4O6S. The molecule has 1 amide bonds. The highest BCUT2D eigenvalue weighted by molar-refractivity contribution is 7.89. The maximum atomic E-state index is 13.0. The van der Waals surface area contributed by atoms with Crippen LogP contribution in [0.25, 0.3) is 0 Å². The highest BCUT2D eigenvalue weighted by Gasteiger charge is 2.33. The lowest BCUT2D eigenvalue weighted by Crippen LogP contribution is -2.53. The molecule has 1 saturated heterocycles. The van der Waals surface area contributed by atoms with Crippen LogP contribution in [0.5, 0.6) is 5.75 Å². The molecule has 0 saturated carbocycles. The molecule has 1 aliphatic heterocycles. The lowest BCUT2D eigenvalue weighted by atomic mass is 10.2. The minimum Gasteiger partial charge on any atom is -0.481 e. The van der Waals surface area contributed by atoms with Crippen molar-refractivity contribution in [2.24, 2.45) is 0 Å². The molecule has 1 unspecified atom stereocenters. The summed E-state index contributed by atoms with van der Waals surface area (Å²) < 4.78 is 33.0. The molecule has 2 aromatic carbocycles. The molecule has 11 heteroatoms. The molecule has 32 heavy (non-hydrogen) atoms. The quantitative estimate of drug-likeness (QED) is 0.478. The minimum absolute atomic E-state index is 0.0623. The summed E-state index contributed by atoms with van der Waals surface area (Å²) in [5.74, 6) is 0.100. The van der Waals surface area contributed by atoms with Crippen molar-refractivity contribution < 1.29 is 22.9 Å². The van der Waals surface area contributed by atoms with E-state index >= 15 is 0 Å². The standard InChI is InChI=1S/C21H22N4O6S/c1-15-6-7-18(25(27)28)13-20(15)32(29,30)24-10-8-23(9-11-24)21(26)16(2)31-19-5-3-4-17(12-19)14-22/h3-7,12-13,16H,8-11H2,1-2H3. The molecule has 0 aliphatic carbocycles. The normalized spacial score (nSPS) is 15.6. The third kappa shape index (κ3) is 4.87. The van der Waals surface area contributed by atoms with Crippen molar-refractivity contribution in [1.82, 2.24) is 9.21 Å². The van der Waals surface area contributed by atoms with E-state index in [-0.39, 0.29) is 42.7 Å². The molecule has 1 aliphatic rings. The Morgan fingerprint density at radius 2 is 1.88 bits per heavy atom. The number of nitro benzene ring substituents is 1. The Balaban J connectivity index is 1.66. The van der Waals surface area contributed by atoms with Gasteiger partial charge in [0.2, 0.25) is 10.0 Å². The molecule has 0 spiro atoms. The lowest BCUT2D eigenvalue weighted by Gasteiger charge is -2.35. The number of aryl methyl sites for hydroxylation is 1. The zero-order chi connectivity index (χ0) is 23.5. The van der Waals surface area contributed by atoms with Crippen LogP contribution in [0, 0.1) is 28.4 Å². The molecule has 0 aromatic heterocycles. The first-order valence-electron chi connectivity index (χ1n) is 9.84. The second-order valence-electron chi connectivity index (χ2n) is 7.34. The van der Waals surface area contributed by atoms with Gasteiger partial charge in [-0.15, -0.1) is 0 Å². The van der Waals surface area contributed by atoms with Crippen LogP contribution in [0.2, 0.25) is 0 Å². The van der Waals surface area contributed by atoms with Crippen molar-refractivity contribution in [2.45, 2.75) is 24.8 Å². The predicted molar refractivity (Wildman–Crippen MR) is 114 cm³/mol. The van der Waals surface area contributed by atoms with Crippen LogP contribution in [0.1, 0.15) is 18.1 Å². The van der Waals surface area contributed by atoms with Gasteiger partial charge in [0.25, 0.3) is 11.6 Å². The van der Waals surface area contributed by atoms with Crippen molar-refractivity contribution in [3.8, 4) is 11.8 Å². The Morgan fingerprint density at radius 1 is 1.19 bits per heavy atom. The molecule has 2 aromatic rings. The maximum Gasteiger partial charge on any atom is 0.270 e. The molecule has 3 rings (SSSR count). The highest BCUT2D eigenvalue weighted by Crippen LogP contribution is 2.26. The second kappa shape index (κ2) is 9.33. The van der Waals surface area contributed by atoms with Gasteiger partial charge in [-0.05, 0) is 37.6 Å². The third-order valence-electron chi connectivity index (χ3n) is 5.17. The number of non-ortho nitro benzene ring substituents is 1. The Hall–Kier alpha value is -3.49. The van der Waals surface area contributed by atoms with Crippen LogP contribution in [-0.4, -0.2) is 60.7 Å². The number of sulfonamides is 1. The van der Waals surface area contributed by atoms with Crippen LogP contribution in [0.4, 0.5) is 5.69 Å². The van der Waals surface area contributed by atoms with E-state index in [9.17, 15) is 23.3 Å². The Bertz CT molecular complexity index is 1180. The summed E-state index contributed by atoms with van der Waals surface area (Å²) in [5.41, 5.74) is 0.530. The van der Waals surface area contributed by atoms with Crippen molar-refractivity contribution in [3.05, 3.63) is 63.7 Å². The largest absolute Gasteiger partial charge is 0.481 e. The zero-order valence-corrected chi connectivity index (χ0v) is 18.4. The fourth-order valence-electron chi connectivity index (χ4n) is 3.42.